The number of carboxylic acids is 1. The summed E-state index contributed by atoms with van der Waals surface area (Å²) >= 11 is 1.02. The number of rotatable bonds is 7. The van der Waals surface area contributed by atoms with Gasteiger partial charge in [0.05, 0.1) is 25.9 Å². The Kier molecular flexibility index (Phi) is 6.02. The molecule has 0 bridgehead atoms. The maximum atomic E-state index is 12.0. The third-order valence-corrected chi connectivity index (χ3v) is 4.00. The van der Waals surface area contributed by atoms with Crippen LogP contribution in [-0.2, 0) is 4.79 Å². The van der Waals surface area contributed by atoms with Crippen molar-refractivity contribution in [3.63, 3.8) is 0 Å². The van der Waals surface area contributed by atoms with E-state index in [9.17, 15) is 14.7 Å². The minimum Gasteiger partial charge on any atom is -0.545 e. The number of aromatic nitrogens is 1. The van der Waals surface area contributed by atoms with Crippen LogP contribution in [0.2, 0.25) is 0 Å². The largest absolute Gasteiger partial charge is 0.545 e. The number of carbonyl (C=O) groups excluding carboxylic acids is 2. The van der Waals surface area contributed by atoms with Gasteiger partial charge in [-0.2, -0.15) is 0 Å². The van der Waals surface area contributed by atoms with Crippen molar-refractivity contribution in [1.29, 1.82) is 0 Å². The van der Waals surface area contributed by atoms with Crippen molar-refractivity contribution in [2.45, 2.75) is 5.03 Å². The first-order chi connectivity index (χ1) is 11.5. The van der Waals surface area contributed by atoms with Crippen LogP contribution in [0, 0.1) is 0 Å². The quantitative estimate of drug-likeness (QED) is 0.751. The van der Waals surface area contributed by atoms with Crippen LogP contribution in [0.1, 0.15) is 10.4 Å². The molecule has 0 aliphatic rings. The number of benzene rings is 1. The van der Waals surface area contributed by atoms with Crippen molar-refractivity contribution in [1.82, 2.24) is 4.98 Å². The fourth-order valence-electron chi connectivity index (χ4n) is 1.91. The molecule has 1 heterocycles. The Morgan fingerprint density at radius 1 is 1.21 bits per heavy atom. The van der Waals surface area contributed by atoms with Crippen molar-refractivity contribution in [3.8, 4) is 11.5 Å². The monoisotopic (exact) mass is 347 g/mol. The van der Waals surface area contributed by atoms with Gasteiger partial charge in [-0.3, -0.25) is 4.79 Å². The maximum Gasteiger partial charge on any atom is 0.234 e. The summed E-state index contributed by atoms with van der Waals surface area (Å²) in [4.78, 5) is 27.0. The molecule has 0 fully saturated rings. The van der Waals surface area contributed by atoms with Crippen molar-refractivity contribution >= 4 is 29.3 Å². The second-order valence-electron chi connectivity index (χ2n) is 4.55. The second kappa shape index (κ2) is 8.21. The molecule has 1 aromatic carbocycles. The highest BCUT2D eigenvalue weighted by atomic mass is 32.2. The Balaban J connectivity index is 2.00. The minimum atomic E-state index is -1.33. The number of methoxy groups -OCH3 is 2. The summed E-state index contributed by atoms with van der Waals surface area (Å²) in [5, 5.41) is 13.9. The van der Waals surface area contributed by atoms with Crippen LogP contribution in [0.15, 0.2) is 41.6 Å². The Labute approximate surface area is 143 Å². The molecule has 0 radical (unpaired) electrons. The van der Waals surface area contributed by atoms with Gasteiger partial charge in [0.2, 0.25) is 5.91 Å². The lowest BCUT2D eigenvalue weighted by Gasteiger charge is -2.11. The van der Waals surface area contributed by atoms with Gasteiger partial charge >= 0.3 is 0 Å². The van der Waals surface area contributed by atoms with Crippen molar-refractivity contribution in [3.05, 3.63) is 42.1 Å². The Hall–Kier alpha value is -2.74. The number of amides is 1. The van der Waals surface area contributed by atoms with Crippen molar-refractivity contribution < 1.29 is 24.2 Å². The second-order valence-corrected chi connectivity index (χ2v) is 5.51. The van der Waals surface area contributed by atoms with E-state index in [1.54, 1.807) is 18.2 Å². The molecule has 0 aliphatic carbocycles. The lowest BCUT2D eigenvalue weighted by molar-refractivity contribution is -0.255. The number of anilines is 1. The highest BCUT2D eigenvalue weighted by Crippen LogP contribution is 2.30. The van der Waals surface area contributed by atoms with Gasteiger partial charge < -0.3 is 24.7 Å². The Morgan fingerprint density at radius 2 is 1.96 bits per heavy atom. The van der Waals surface area contributed by atoms with Crippen molar-refractivity contribution in [2.24, 2.45) is 0 Å². The number of ether oxygens (including phenoxy) is 2. The number of thioether (sulfide) groups is 1. The average Bonchev–Trinajstić information content (AvgIpc) is 2.60. The molecule has 0 aliphatic heterocycles. The maximum absolute atomic E-state index is 12.0. The van der Waals surface area contributed by atoms with Crippen LogP contribution in [0.5, 0.6) is 11.5 Å². The van der Waals surface area contributed by atoms with Crippen LogP contribution in [0.25, 0.3) is 0 Å². The predicted molar refractivity (Wildman–Crippen MR) is 87.5 cm³/mol. The predicted octanol–water partition coefficient (Wildman–Crippen LogP) is 1.19. The summed E-state index contributed by atoms with van der Waals surface area (Å²) in [6, 6.07) is 7.87. The molecule has 0 atom stereocenters. The van der Waals surface area contributed by atoms with Gasteiger partial charge in [0.15, 0.2) is 11.5 Å². The molecular weight excluding hydrogens is 332 g/mol. The van der Waals surface area contributed by atoms with E-state index in [4.69, 9.17) is 9.47 Å². The highest BCUT2D eigenvalue weighted by Gasteiger charge is 2.10. The molecule has 0 unspecified atom stereocenters. The van der Waals surface area contributed by atoms with Gasteiger partial charge in [0.25, 0.3) is 0 Å². The lowest BCUT2D eigenvalue weighted by atomic mass is 10.2. The number of carbonyl (C=O) groups is 2. The SMILES string of the molecule is COc1ccc(NC(=O)CSc2ncccc2C(=O)[O-])cc1OC. The zero-order valence-corrected chi connectivity index (χ0v) is 13.9. The molecule has 1 amide bonds. The molecule has 126 valence electrons. The standard InChI is InChI=1S/C16H16N2O5S/c1-22-12-6-5-10(8-13(12)23-2)18-14(19)9-24-15-11(16(20)21)4-3-7-17-15/h3-8H,9H2,1-2H3,(H,18,19)(H,20,21)/p-1. The van der Waals surface area contributed by atoms with Crippen LogP contribution in [0.3, 0.4) is 0 Å². The van der Waals surface area contributed by atoms with Crippen LogP contribution < -0.4 is 19.9 Å². The van der Waals surface area contributed by atoms with E-state index in [0.29, 0.717) is 17.2 Å². The first-order valence-electron chi connectivity index (χ1n) is 6.86. The number of nitrogens with zero attached hydrogens (tertiary/aromatic N) is 1. The molecule has 0 saturated carbocycles. The minimum absolute atomic E-state index is 0.00559. The van der Waals surface area contributed by atoms with E-state index in [1.807, 2.05) is 0 Å². The van der Waals surface area contributed by atoms with Crippen LogP contribution in [0.4, 0.5) is 5.69 Å². The van der Waals surface area contributed by atoms with Gasteiger partial charge in [-0.1, -0.05) is 11.8 Å². The normalized spacial score (nSPS) is 10.1. The Morgan fingerprint density at radius 3 is 2.62 bits per heavy atom. The summed E-state index contributed by atoms with van der Waals surface area (Å²) in [7, 11) is 3.02. The van der Waals surface area contributed by atoms with Crippen LogP contribution in [-0.4, -0.2) is 36.8 Å². The molecule has 0 spiro atoms. The Bertz CT molecular complexity index is 751. The fraction of sp³-hybridized carbons (Fsp3) is 0.188. The van der Waals surface area contributed by atoms with E-state index in [2.05, 4.69) is 10.3 Å². The summed E-state index contributed by atoms with van der Waals surface area (Å²) in [5.74, 6) is -0.581. The van der Waals surface area contributed by atoms with E-state index in [0.717, 1.165) is 11.8 Å². The zero-order chi connectivity index (χ0) is 17.5. The third-order valence-electron chi connectivity index (χ3n) is 3.00. The van der Waals surface area contributed by atoms with E-state index < -0.39 is 5.97 Å². The van der Waals surface area contributed by atoms with Gasteiger partial charge in [-0.05, 0) is 24.3 Å². The first kappa shape index (κ1) is 17.6. The molecule has 2 rings (SSSR count). The van der Waals surface area contributed by atoms with Gasteiger partial charge in [-0.15, -0.1) is 0 Å². The van der Waals surface area contributed by atoms with Gasteiger partial charge in [0.1, 0.15) is 5.03 Å². The van der Waals surface area contributed by atoms with Crippen molar-refractivity contribution in [2.75, 3.05) is 25.3 Å². The molecule has 1 N–H and O–H groups in total. The summed E-state index contributed by atoms with van der Waals surface area (Å²) in [6.45, 7) is 0. The third kappa shape index (κ3) is 4.39. The molecule has 8 heteroatoms. The number of aromatic carboxylic acids is 1. The fourth-order valence-corrected chi connectivity index (χ4v) is 2.69. The highest BCUT2D eigenvalue weighted by molar-refractivity contribution is 8.00. The zero-order valence-electron chi connectivity index (χ0n) is 13.1. The lowest BCUT2D eigenvalue weighted by Crippen LogP contribution is -2.23. The summed E-state index contributed by atoms with van der Waals surface area (Å²) in [6.07, 6.45) is 1.46. The van der Waals surface area contributed by atoms with Gasteiger partial charge in [0, 0.05) is 23.5 Å². The molecule has 24 heavy (non-hydrogen) atoms. The number of hydrogen-bond donors (Lipinski definition) is 1. The summed E-state index contributed by atoms with van der Waals surface area (Å²) in [5.41, 5.74) is 0.501. The first-order valence-corrected chi connectivity index (χ1v) is 7.84. The average molecular weight is 347 g/mol. The topological polar surface area (TPSA) is 101 Å². The molecule has 0 saturated heterocycles. The number of pyridine rings is 1. The van der Waals surface area contributed by atoms with E-state index in [-0.39, 0.29) is 22.2 Å². The number of hydrogen-bond acceptors (Lipinski definition) is 7. The smallest absolute Gasteiger partial charge is 0.234 e. The van der Waals surface area contributed by atoms with E-state index >= 15 is 0 Å². The van der Waals surface area contributed by atoms with Gasteiger partial charge in [-0.25, -0.2) is 4.98 Å². The summed E-state index contributed by atoms with van der Waals surface area (Å²) < 4.78 is 10.3. The van der Waals surface area contributed by atoms with Crippen LogP contribution >= 0.6 is 11.8 Å². The number of nitrogens with one attached hydrogen (secondary N) is 1. The number of carboxylic acid groups (broad SMARTS) is 1. The van der Waals surface area contributed by atoms with E-state index in [1.165, 1.54) is 32.5 Å². The molecule has 7 nitrogen and oxygen atoms in total. The molecular formula is C16H15N2O5S-. The molecule has 2 aromatic rings. The molecule has 1 aromatic heterocycles.